The zero-order valence-electron chi connectivity index (χ0n) is 18.9. The molecule has 0 fully saturated rings. The fraction of sp³-hybridized carbons (Fsp3) is 0.154. The van der Waals surface area contributed by atoms with Gasteiger partial charge < -0.3 is 10.2 Å². The first kappa shape index (κ1) is 24.2. The van der Waals surface area contributed by atoms with Gasteiger partial charge in [-0.2, -0.15) is 10.2 Å². The van der Waals surface area contributed by atoms with Gasteiger partial charge in [0.05, 0.1) is 11.4 Å². The summed E-state index contributed by atoms with van der Waals surface area (Å²) in [4.78, 5) is 25.0. The van der Waals surface area contributed by atoms with Gasteiger partial charge in [-0.25, -0.2) is 10.9 Å². The molecule has 3 aromatic carbocycles. The second kappa shape index (κ2) is 11.4. The number of hydrogen-bond donors (Lipinski definition) is 4. The first-order chi connectivity index (χ1) is 16.4. The van der Waals surface area contributed by atoms with Crippen LogP contribution in [0.5, 0.6) is 11.5 Å². The van der Waals surface area contributed by atoms with Crippen LogP contribution in [0, 0.1) is 0 Å². The Balaban J connectivity index is 1.67. The van der Waals surface area contributed by atoms with Gasteiger partial charge in [0, 0.05) is 22.3 Å². The summed E-state index contributed by atoms with van der Waals surface area (Å²) < 4.78 is 0. The van der Waals surface area contributed by atoms with E-state index in [2.05, 4.69) is 21.1 Å². The van der Waals surface area contributed by atoms with E-state index in [-0.39, 0.29) is 11.5 Å². The maximum absolute atomic E-state index is 12.5. The van der Waals surface area contributed by atoms with Gasteiger partial charge >= 0.3 is 0 Å². The van der Waals surface area contributed by atoms with Gasteiger partial charge in [0.15, 0.2) is 0 Å². The van der Waals surface area contributed by atoms with E-state index in [0.717, 1.165) is 0 Å². The van der Waals surface area contributed by atoms with E-state index in [1.54, 1.807) is 48.5 Å². The second-order valence-corrected chi connectivity index (χ2v) is 7.32. The highest BCUT2D eigenvalue weighted by molar-refractivity contribution is 6.05. The Labute approximate surface area is 197 Å². The molecule has 8 nitrogen and oxygen atoms in total. The number of rotatable bonds is 8. The number of phenolic OH excluding ortho intramolecular Hbond substituents is 2. The molecule has 2 amide bonds. The molecule has 0 saturated heterocycles. The lowest BCUT2D eigenvalue weighted by Crippen LogP contribution is -2.22. The van der Waals surface area contributed by atoms with Crippen molar-refractivity contribution < 1.29 is 19.8 Å². The summed E-state index contributed by atoms with van der Waals surface area (Å²) in [6, 6.07) is 19.6. The van der Waals surface area contributed by atoms with Crippen LogP contribution in [0.15, 0.2) is 83.0 Å². The third-order valence-corrected chi connectivity index (χ3v) is 5.09. The van der Waals surface area contributed by atoms with Crippen molar-refractivity contribution in [2.24, 2.45) is 10.2 Å². The van der Waals surface area contributed by atoms with Gasteiger partial charge in [-0.3, -0.25) is 9.59 Å². The van der Waals surface area contributed by atoms with Crippen molar-refractivity contribution >= 4 is 23.2 Å². The van der Waals surface area contributed by atoms with Crippen molar-refractivity contribution in [3.05, 3.63) is 95.1 Å². The van der Waals surface area contributed by atoms with Crippen LogP contribution in [0.2, 0.25) is 0 Å². The Morgan fingerprint density at radius 2 is 1.00 bits per heavy atom. The number of para-hydroxylation sites is 2. The smallest absolute Gasteiger partial charge is 0.271 e. The van der Waals surface area contributed by atoms with Crippen LogP contribution < -0.4 is 10.9 Å². The largest absolute Gasteiger partial charge is 0.507 e. The van der Waals surface area contributed by atoms with Crippen molar-refractivity contribution in [1.82, 2.24) is 10.9 Å². The SMILES string of the molecule is CCC(=NNC(=O)c1ccc(C(=O)NN=C(CC)c2ccccc2O)cc1)c1ccccc1O. The highest BCUT2D eigenvalue weighted by Crippen LogP contribution is 2.19. The molecule has 0 aromatic heterocycles. The molecule has 0 unspecified atom stereocenters. The van der Waals surface area contributed by atoms with E-state index in [1.165, 1.54) is 24.3 Å². The average Bonchev–Trinajstić information content (AvgIpc) is 2.86. The maximum atomic E-state index is 12.5. The van der Waals surface area contributed by atoms with Crippen molar-refractivity contribution in [2.75, 3.05) is 0 Å². The average molecular weight is 459 g/mol. The lowest BCUT2D eigenvalue weighted by molar-refractivity contribution is 0.0943. The second-order valence-electron chi connectivity index (χ2n) is 7.32. The van der Waals surface area contributed by atoms with E-state index in [0.29, 0.717) is 46.5 Å². The molecule has 3 aromatic rings. The fourth-order valence-electron chi connectivity index (χ4n) is 3.23. The number of nitrogens with one attached hydrogen (secondary N) is 2. The van der Waals surface area contributed by atoms with Crippen LogP contribution in [0.3, 0.4) is 0 Å². The number of amides is 2. The van der Waals surface area contributed by atoms with E-state index >= 15 is 0 Å². The van der Waals surface area contributed by atoms with Gasteiger partial charge in [-0.05, 0) is 61.4 Å². The van der Waals surface area contributed by atoms with Gasteiger partial charge in [-0.15, -0.1) is 0 Å². The first-order valence-electron chi connectivity index (χ1n) is 10.8. The zero-order valence-corrected chi connectivity index (χ0v) is 18.9. The van der Waals surface area contributed by atoms with Crippen LogP contribution in [0.4, 0.5) is 0 Å². The molecule has 0 aliphatic carbocycles. The number of phenols is 2. The van der Waals surface area contributed by atoms with Crippen molar-refractivity contribution in [3.8, 4) is 11.5 Å². The summed E-state index contributed by atoms with van der Waals surface area (Å²) in [5.41, 5.74) is 7.79. The third-order valence-electron chi connectivity index (χ3n) is 5.09. The number of carbonyl (C=O) groups excluding carboxylic acids is 2. The highest BCUT2D eigenvalue weighted by atomic mass is 16.3. The predicted octanol–water partition coefficient (Wildman–Crippen LogP) is 4.19. The zero-order chi connectivity index (χ0) is 24.5. The third kappa shape index (κ3) is 5.86. The van der Waals surface area contributed by atoms with Crippen molar-refractivity contribution in [1.29, 1.82) is 0 Å². The van der Waals surface area contributed by atoms with Crippen LogP contribution in [0.25, 0.3) is 0 Å². The quantitative estimate of drug-likeness (QED) is 0.299. The normalized spacial score (nSPS) is 11.7. The number of carbonyl (C=O) groups is 2. The minimum Gasteiger partial charge on any atom is -0.507 e. The number of benzene rings is 3. The molecule has 0 bridgehead atoms. The summed E-state index contributed by atoms with van der Waals surface area (Å²) in [5, 5.41) is 28.3. The van der Waals surface area contributed by atoms with Crippen LogP contribution in [-0.4, -0.2) is 33.5 Å². The number of hydrazone groups is 2. The fourth-order valence-corrected chi connectivity index (χ4v) is 3.23. The first-order valence-corrected chi connectivity index (χ1v) is 10.8. The number of nitrogens with zero attached hydrogens (tertiary/aromatic N) is 2. The Kier molecular flexibility index (Phi) is 8.12. The maximum Gasteiger partial charge on any atom is 0.271 e. The molecule has 8 heteroatoms. The lowest BCUT2D eigenvalue weighted by Gasteiger charge is -2.08. The summed E-state index contributed by atoms with van der Waals surface area (Å²) in [6.07, 6.45) is 1.02. The van der Waals surface area contributed by atoms with Crippen LogP contribution in [0.1, 0.15) is 58.5 Å². The number of hydrogen-bond acceptors (Lipinski definition) is 6. The lowest BCUT2D eigenvalue weighted by atomic mass is 10.1. The Hall–Kier alpha value is -4.46. The van der Waals surface area contributed by atoms with Gasteiger partial charge in [-0.1, -0.05) is 38.1 Å². The summed E-state index contributed by atoms with van der Waals surface area (Å²) >= 11 is 0. The molecule has 0 atom stereocenters. The molecule has 0 spiro atoms. The summed E-state index contributed by atoms with van der Waals surface area (Å²) in [7, 11) is 0. The predicted molar refractivity (Wildman–Crippen MR) is 131 cm³/mol. The molecular weight excluding hydrogens is 432 g/mol. The molecule has 0 radical (unpaired) electrons. The van der Waals surface area contributed by atoms with E-state index < -0.39 is 11.8 Å². The van der Waals surface area contributed by atoms with Crippen LogP contribution in [-0.2, 0) is 0 Å². The molecule has 34 heavy (non-hydrogen) atoms. The van der Waals surface area contributed by atoms with Gasteiger partial charge in [0.1, 0.15) is 11.5 Å². The van der Waals surface area contributed by atoms with Gasteiger partial charge in [0.25, 0.3) is 11.8 Å². The highest BCUT2D eigenvalue weighted by Gasteiger charge is 2.12. The van der Waals surface area contributed by atoms with Gasteiger partial charge in [0.2, 0.25) is 0 Å². The molecule has 4 N–H and O–H groups in total. The minimum atomic E-state index is -0.445. The van der Waals surface area contributed by atoms with E-state index in [4.69, 9.17) is 0 Å². The summed E-state index contributed by atoms with van der Waals surface area (Å²) in [5.74, 6) is -0.716. The Morgan fingerprint density at radius 3 is 1.32 bits per heavy atom. The summed E-state index contributed by atoms with van der Waals surface area (Å²) in [6.45, 7) is 3.74. The molecule has 0 aliphatic heterocycles. The molecule has 0 saturated carbocycles. The Morgan fingerprint density at radius 1 is 0.647 bits per heavy atom. The molecule has 0 heterocycles. The van der Waals surface area contributed by atoms with Crippen molar-refractivity contribution in [3.63, 3.8) is 0 Å². The van der Waals surface area contributed by atoms with E-state index in [1.807, 2.05) is 13.8 Å². The van der Waals surface area contributed by atoms with E-state index in [9.17, 15) is 19.8 Å². The van der Waals surface area contributed by atoms with Crippen LogP contribution >= 0.6 is 0 Å². The molecular formula is C26H26N4O4. The molecule has 174 valence electrons. The standard InChI is InChI=1S/C26H26N4O4/c1-3-21(19-9-5-7-11-23(19)31)27-29-25(33)17-13-15-18(16-14-17)26(34)30-28-22(4-2)20-10-6-8-12-24(20)32/h5-16,31-32H,3-4H2,1-2H3,(H,29,33)(H,30,34). The minimum absolute atomic E-state index is 0.0871. The topological polar surface area (TPSA) is 123 Å². The van der Waals surface area contributed by atoms with Crippen molar-refractivity contribution in [2.45, 2.75) is 26.7 Å². The Bertz CT molecular complexity index is 1140. The number of aromatic hydroxyl groups is 2. The molecule has 0 aliphatic rings. The molecule has 3 rings (SSSR count). The monoisotopic (exact) mass is 458 g/mol.